The zero-order valence-electron chi connectivity index (χ0n) is 9.82. The SMILES string of the molecule is CC(N)CCN1C(=O)C2CCCCC2C1=O. The molecule has 0 spiro atoms. The monoisotopic (exact) mass is 224 g/mol. The Kier molecular flexibility index (Phi) is 3.28. The van der Waals surface area contributed by atoms with Gasteiger partial charge in [0.2, 0.25) is 11.8 Å². The van der Waals surface area contributed by atoms with Gasteiger partial charge >= 0.3 is 0 Å². The number of likely N-dealkylation sites (tertiary alicyclic amines) is 1. The van der Waals surface area contributed by atoms with E-state index in [1.807, 2.05) is 6.92 Å². The van der Waals surface area contributed by atoms with Crippen molar-refractivity contribution in [3.63, 3.8) is 0 Å². The number of imide groups is 1. The number of hydrogen-bond acceptors (Lipinski definition) is 3. The van der Waals surface area contributed by atoms with Crippen LogP contribution in [0, 0.1) is 11.8 Å². The highest BCUT2D eigenvalue weighted by Crippen LogP contribution is 2.37. The molecule has 0 aromatic carbocycles. The molecule has 1 aliphatic carbocycles. The van der Waals surface area contributed by atoms with Gasteiger partial charge < -0.3 is 5.73 Å². The standard InChI is InChI=1S/C12H20N2O2/c1-8(13)6-7-14-11(15)9-4-2-3-5-10(9)12(14)16/h8-10H,2-7,13H2,1H3. The molecule has 2 rings (SSSR count). The van der Waals surface area contributed by atoms with Crippen LogP contribution in [0.3, 0.4) is 0 Å². The van der Waals surface area contributed by atoms with Gasteiger partial charge in [0.05, 0.1) is 11.8 Å². The van der Waals surface area contributed by atoms with Crippen molar-refractivity contribution in [2.45, 2.75) is 45.1 Å². The Balaban J connectivity index is 2.03. The van der Waals surface area contributed by atoms with Crippen molar-refractivity contribution >= 4 is 11.8 Å². The predicted octanol–water partition coefficient (Wildman–Crippen LogP) is 0.899. The number of nitrogens with two attached hydrogens (primary N) is 1. The van der Waals surface area contributed by atoms with E-state index in [9.17, 15) is 9.59 Å². The second kappa shape index (κ2) is 4.53. The van der Waals surface area contributed by atoms with Crippen LogP contribution in [-0.2, 0) is 9.59 Å². The van der Waals surface area contributed by atoms with Crippen molar-refractivity contribution in [3.05, 3.63) is 0 Å². The minimum Gasteiger partial charge on any atom is -0.328 e. The first-order valence-corrected chi connectivity index (χ1v) is 6.22. The van der Waals surface area contributed by atoms with Crippen molar-refractivity contribution < 1.29 is 9.59 Å². The van der Waals surface area contributed by atoms with Crippen molar-refractivity contribution in [2.24, 2.45) is 17.6 Å². The van der Waals surface area contributed by atoms with E-state index in [-0.39, 0.29) is 29.7 Å². The van der Waals surface area contributed by atoms with Crippen LogP contribution in [-0.4, -0.2) is 29.3 Å². The summed E-state index contributed by atoms with van der Waals surface area (Å²) in [6.45, 7) is 2.40. The first-order chi connectivity index (χ1) is 7.61. The van der Waals surface area contributed by atoms with Crippen molar-refractivity contribution in [1.82, 2.24) is 4.90 Å². The molecule has 2 amide bonds. The van der Waals surface area contributed by atoms with E-state index >= 15 is 0 Å². The molecule has 4 heteroatoms. The van der Waals surface area contributed by atoms with Gasteiger partial charge in [0.25, 0.3) is 0 Å². The van der Waals surface area contributed by atoms with E-state index < -0.39 is 0 Å². The Morgan fingerprint density at radius 1 is 1.25 bits per heavy atom. The molecule has 1 saturated heterocycles. The van der Waals surface area contributed by atoms with Crippen LogP contribution in [0.4, 0.5) is 0 Å². The van der Waals surface area contributed by atoms with E-state index in [4.69, 9.17) is 5.73 Å². The van der Waals surface area contributed by atoms with Gasteiger partial charge in [-0.3, -0.25) is 14.5 Å². The van der Waals surface area contributed by atoms with Crippen LogP contribution >= 0.6 is 0 Å². The largest absolute Gasteiger partial charge is 0.328 e. The van der Waals surface area contributed by atoms with Crippen LogP contribution < -0.4 is 5.73 Å². The van der Waals surface area contributed by atoms with Crippen molar-refractivity contribution in [3.8, 4) is 0 Å². The molecular formula is C12H20N2O2. The number of amides is 2. The molecule has 0 radical (unpaired) electrons. The van der Waals surface area contributed by atoms with Gasteiger partial charge in [-0.2, -0.15) is 0 Å². The molecule has 1 saturated carbocycles. The molecule has 1 aliphatic heterocycles. The highest BCUT2D eigenvalue weighted by molar-refractivity contribution is 6.05. The molecular weight excluding hydrogens is 204 g/mol. The fraction of sp³-hybridized carbons (Fsp3) is 0.833. The van der Waals surface area contributed by atoms with E-state index in [1.165, 1.54) is 4.90 Å². The summed E-state index contributed by atoms with van der Waals surface area (Å²) < 4.78 is 0. The Hall–Kier alpha value is -0.900. The number of hydrogen-bond donors (Lipinski definition) is 1. The summed E-state index contributed by atoms with van der Waals surface area (Å²) in [5.41, 5.74) is 5.66. The van der Waals surface area contributed by atoms with Gasteiger partial charge in [0.1, 0.15) is 0 Å². The molecule has 3 unspecified atom stereocenters. The Bertz CT molecular complexity index is 277. The lowest BCUT2D eigenvalue weighted by Crippen LogP contribution is -2.34. The molecule has 4 nitrogen and oxygen atoms in total. The average Bonchev–Trinajstić information content (AvgIpc) is 2.50. The fourth-order valence-electron chi connectivity index (χ4n) is 2.78. The van der Waals surface area contributed by atoms with Crippen LogP contribution in [0.2, 0.25) is 0 Å². The summed E-state index contributed by atoms with van der Waals surface area (Å²) >= 11 is 0. The lowest BCUT2D eigenvalue weighted by atomic mass is 9.81. The number of nitrogens with zero attached hydrogens (tertiary/aromatic N) is 1. The zero-order valence-corrected chi connectivity index (χ0v) is 9.82. The number of carbonyl (C=O) groups excluding carboxylic acids is 2. The summed E-state index contributed by atoms with van der Waals surface area (Å²) in [5.74, 6) is 0.0642. The molecule has 90 valence electrons. The molecule has 3 atom stereocenters. The average molecular weight is 224 g/mol. The third-order valence-corrected chi connectivity index (χ3v) is 3.74. The quantitative estimate of drug-likeness (QED) is 0.724. The molecule has 0 bridgehead atoms. The second-order valence-electron chi connectivity index (χ2n) is 5.09. The highest BCUT2D eigenvalue weighted by Gasteiger charge is 2.47. The summed E-state index contributed by atoms with van der Waals surface area (Å²) in [5, 5.41) is 0. The summed E-state index contributed by atoms with van der Waals surface area (Å²) in [4.78, 5) is 25.5. The Labute approximate surface area is 96.2 Å². The van der Waals surface area contributed by atoms with E-state index in [0.717, 1.165) is 25.7 Å². The zero-order chi connectivity index (χ0) is 11.7. The minimum atomic E-state index is -0.0191. The highest BCUT2D eigenvalue weighted by atomic mass is 16.2. The second-order valence-corrected chi connectivity index (χ2v) is 5.09. The summed E-state index contributed by atoms with van der Waals surface area (Å²) in [7, 11) is 0. The maximum atomic E-state index is 12.0. The molecule has 2 N–H and O–H groups in total. The van der Waals surface area contributed by atoms with Gasteiger partial charge in [-0.25, -0.2) is 0 Å². The first kappa shape index (κ1) is 11.6. The predicted molar refractivity (Wildman–Crippen MR) is 60.4 cm³/mol. The van der Waals surface area contributed by atoms with Gasteiger partial charge in [-0.15, -0.1) is 0 Å². The third-order valence-electron chi connectivity index (χ3n) is 3.74. The molecule has 16 heavy (non-hydrogen) atoms. The first-order valence-electron chi connectivity index (χ1n) is 6.22. The molecule has 0 aromatic heterocycles. The number of fused-ring (bicyclic) bond motifs is 1. The van der Waals surface area contributed by atoms with E-state index in [1.54, 1.807) is 0 Å². The van der Waals surface area contributed by atoms with Crippen LogP contribution in [0.15, 0.2) is 0 Å². The number of carbonyl (C=O) groups is 2. The summed E-state index contributed by atoms with van der Waals surface area (Å²) in [6, 6.07) is 0.0447. The smallest absolute Gasteiger partial charge is 0.233 e. The topological polar surface area (TPSA) is 63.4 Å². The Morgan fingerprint density at radius 3 is 2.19 bits per heavy atom. The van der Waals surface area contributed by atoms with E-state index in [2.05, 4.69) is 0 Å². The molecule has 1 heterocycles. The lowest BCUT2D eigenvalue weighted by molar-refractivity contribution is -0.139. The Morgan fingerprint density at radius 2 is 1.75 bits per heavy atom. The summed E-state index contributed by atoms with van der Waals surface area (Å²) in [6.07, 6.45) is 4.66. The maximum Gasteiger partial charge on any atom is 0.233 e. The molecule has 2 aliphatic rings. The number of rotatable bonds is 3. The van der Waals surface area contributed by atoms with E-state index in [0.29, 0.717) is 13.0 Å². The lowest BCUT2D eigenvalue weighted by Gasteiger charge is -2.19. The van der Waals surface area contributed by atoms with Crippen LogP contribution in [0.5, 0.6) is 0 Å². The van der Waals surface area contributed by atoms with Crippen LogP contribution in [0.1, 0.15) is 39.0 Å². The van der Waals surface area contributed by atoms with Crippen LogP contribution in [0.25, 0.3) is 0 Å². The molecule has 2 fully saturated rings. The molecule has 0 aromatic rings. The third kappa shape index (κ3) is 1.98. The van der Waals surface area contributed by atoms with Gasteiger partial charge in [-0.1, -0.05) is 12.8 Å². The van der Waals surface area contributed by atoms with Crippen molar-refractivity contribution in [1.29, 1.82) is 0 Å². The maximum absolute atomic E-state index is 12.0. The van der Waals surface area contributed by atoms with Gasteiger partial charge in [-0.05, 0) is 26.2 Å². The van der Waals surface area contributed by atoms with Crippen molar-refractivity contribution in [2.75, 3.05) is 6.54 Å². The normalized spacial score (nSPS) is 31.8. The fourth-order valence-corrected chi connectivity index (χ4v) is 2.78. The van der Waals surface area contributed by atoms with Gasteiger partial charge in [0.15, 0.2) is 0 Å². The minimum absolute atomic E-state index is 0.0191. The van der Waals surface area contributed by atoms with Gasteiger partial charge in [0, 0.05) is 12.6 Å².